The number of hydrogen-bond donors (Lipinski definition) is 1. The number of carboxylic acid groups (broad SMARTS) is 1. The van der Waals surface area contributed by atoms with Gasteiger partial charge in [0, 0.05) is 11.9 Å². The topological polar surface area (TPSA) is 55.1 Å². The van der Waals surface area contributed by atoms with Crippen molar-refractivity contribution >= 4 is 17.7 Å². The van der Waals surface area contributed by atoms with Crippen molar-refractivity contribution in [3.05, 3.63) is 41.7 Å². The van der Waals surface area contributed by atoms with E-state index in [-0.39, 0.29) is 5.75 Å². The molecule has 5 heteroatoms. The Morgan fingerprint density at radius 1 is 1.40 bits per heavy atom. The van der Waals surface area contributed by atoms with Crippen molar-refractivity contribution in [2.24, 2.45) is 0 Å². The van der Waals surface area contributed by atoms with Gasteiger partial charge in [0.2, 0.25) is 0 Å². The third kappa shape index (κ3) is 3.04. The maximum Gasteiger partial charge on any atom is 0.313 e. The van der Waals surface area contributed by atoms with E-state index in [1.165, 1.54) is 17.3 Å². The van der Waals surface area contributed by atoms with Gasteiger partial charge in [-0.15, -0.1) is 0 Å². The van der Waals surface area contributed by atoms with Crippen molar-refractivity contribution in [2.45, 2.75) is 31.8 Å². The summed E-state index contributed by atoms with van der Waals surface area (Å²) < 4.78 is 2.03. The minimum absolute atomic E-state index is 0.0142. The summed E-state index contributed by atoms with van der Waals surface area (Å²) in [5.74, 6) is -0.426. The first-order valence-electron chi connectivity index (χ1n) is 6.49. The van der Waals surface area contributed by atoms with Crippen molar-refractivity contribution in [3.8, 4) is 5.69 Å². The van der Waals surface area contributed by atoms with Gasteiger partial charge in [-0.05, 0) is 24.5 Å². The highest BCUT2D eigenvalue weighted by molar-refractivity contribution is 7.99. The Balaban J connectivity index is 2.47. The lowest BCUT2D eigenvalue weighted by Gasteiger charge is -2.16. The number of aryl methyl sites for hydroxylation is 1. The molecule has 20 heavy (non-hydrogen) atoms. The summed E-state index contributed by atoms with van der Waals surface area (Å²) in [5, 5.41) is 9.55. The molecule has 2 rings (SSSR count). The molecule has 0 spiro atoms. The second-order valence-corrected chi connectivity index (χ2v) is 5.86. The number of carboxylic acids is 1. The number of imidazole rings is 1. The fourth-order valence-corrected chi connectivity index (χ4v) is 2.87. The van der Waals surface area contributed by atoms with E-state index in [9.17, 15) is 4.79 Å². The number of hydrogen-bond acceptors (Lipinski definition) is 3. The summed E-state index contributed by atoms with van der Waals surface area (Å²) in [4.78, 5) is 15.1. The predicted molar refractivity (Wildman–Crippen MR) is 80.7 cm³/mol. The first-order valence-corrected chi connectivity index (χ1v) is 7.47. The van der Waals surface area contributed by atoms with Crippen LogP contribution < -0.4 is 0 Å². The van der Waals surface area contributed by atoms with Gasteiger partial charge in [-0.3, -0.25) is 9.36 Å². The molecule has 1 aromatic heterocycles. The number of benzene rings is 1. The molecule has 0 bridgehead atoms. The molecule has 0 saturated heterocycles. The van der Waals surface area contributed by atoms with Crippen molar-refractivity contribution in [3.63, 3.8) is 0 Å². The van der Waals surface area contributed by atoms with Gasteiger partial charge >= 0.3 is 5.97 Å². The molecule has 106 valence electrons. The van der Waals surface area contributed by atoms with E-state index in [2.05, 4.69) is 31.0 Å². The van der Waals surface area contributed by atoms with Gasteiger partial charge in [-0.25, -0.2) is 4.98 Å². The molecular formula is C15H18N2O2S. The van der Waals surface area contributed by atoms with E-state index in [1.807, 2.05) is 23.6 Å². The predicted octanol–water partition coefficient (Wildman–Crippen LogP) is 3.48. The molecule has 4 nitrogen and oxygen atoms in total. The van der Waals surface area contributed by atoms with Crippen LogP contribution in [0.4, 0.5) is 0 Å². The average molecular weight is 290 g/mol. The smallest absolute Gasteiger partial charge is 0.313 e. The molecule has 0 aliphatic carbocycles. The van der Waals surface area contributed by atoms with E-state index in [4.69, 9.17) is 5.11 Å². The molecule has 1 heterocycles. The molecular weight excluding hydrogens is 272 g/mol. The largest absolute Gasteiger partial charge is 0.481 e. The van der Waals surface area contributed by atoms with Crippen LogP contribution in [0.15, 0.2) is 35.6 Å². The normalized spacial score (nSPS) is 11.0. The van der Waals surface area contributed by atoms with E-state index >= 15 is 0 Å². The van der Waals surface area contributed by atoms with E-state index in [0.29, 0.717) is 5.92 Å². The molecule has 0 unspecified atom stereocenters. The summed E-state index contributed by atoms with van der Waals surface area (Å²) in [6.45, 7) is 6.28. The zero-order chi connectivity index (χ0) is 14.7. The van der Waals surface area contributed by atoms with Crippen LogP contribution in [0.25, 0.3) is 5.69 Å². The van der Waals surface area contributed by atoms with Gasteiger partial charge in [0.25, 0.3) is 0 Å². The quantitative estimate of drug-likeness (QED) is 0.857. The summed E-state index contributed by atoms with van der Waals surface area (Å²) >= 11 is 1.24. The lowest BCUT2D eigenvalue weighted by atomic mass is 10.0. The zero-order valence-electron chi connectivity index (χ0n) is 11.8. The number of nitrogens with zero attached hydrogens (tertiary/aromatic N) is 2. The van der Waals surface area contributed by atoms with Crippen LogP contribution in [0.2, 0.25) is 0 Å². The zero-order valence-corrected chi connectivity index (χ0v) is 12.6. The Kier molecular flexibility index (Phi) is 4.49. The van der Waals surface area contributed by atoms with E-state index in [1.54, 1.807) is 6.20 Å². The van der Waals surface area contributed by atoms with Crippen LogP contribution in [0, 0.1) is 6.92 Å². The highest BCUT2D eigenvalue weighted by Crippen LogP contribution is 2.28. The SMILES string of the molecule is Cc1cnc(SCC(=O)O)n1-c1ccccc1C(C)C. The van der Waals surface area contributed by atoms with E-state index in [0.717, 1.165) is 16.5 Å². The number of aromatic nitrogens is 2. The monoisotopic (exact) mass is 290 g/mol. The number of thioether (sulfide) groups is 1. The molecule has 2 aromatic rings. The van der Waals surface area contributed by atoms with Gasteiger partial charge < -0.3 is 5.11 Å². The van der Waals surface area contributed by atoms with E-state index < -0.39 is 5.97 Å². The van der Waals surface area contributed by atoms with Crippen molar-refractivity contribution < 1.29 is 9.90 Å². The van der Waals surface area contributed by atoms with Crippen LogP contribution >= 0.6 is 11.8 Å². The minimum Gasteiger partial charge on any atom is -0.481 e. The first kappa shape index (κ1) is 14.7. The van der Waals surface area contributed by atoms with Crippen LogP contribution in [-0.2, 0) is 4.79 Å². The highest BCUT2D eigenvalue weighted by atomic mass is 32.2. The van der Waals surface area contributed by atoms with Crippen molar-refractivity contribution in [2.75, 3.05) is 5.75 Å². The molecule has 0 aliphatic heterocycles. The van der Waals surface area contributed by atoms with Crippen LogP contribution in [-0.4, -0.2) is 26.4 Å². The third-order valence-corrected chi connectivity index (χ3v) is 3.97. The maximum atomic E-state index is 10.7. The average Bonchev–Trinajstić information content (AvgIpc) is 2.77. The Bertz CT molecular complexity index is 620. The molecule has 0 saturated carbocycles. The van der Waals surface area contributed by atoms with Crippen molar-refractivity contribution in [1.82, 2.24) is 9.55 Å². The maximum absolute atomic E-state index is 10.7. The van der Waals surface area contributed by atoms with Gasteiger partial charge in [0.1, 0.15) is 0 Å². The highest BCUT2D eigenvalue weighted by Gasteiger charge is 2.15. The Hall–Kier alpha value is -1.75. The second-order valence-electron chi connectivity index (χ2n) is 4.91. The lowest BCUT2D eigenvalue weighted by Crippen LogP contribution is -2.06. The minimum atomic E-state index is -0.834. The van der Waals surface area contributed by atoms with Crippen LogP contribution in [0.3, 0.4) is 0 Å². The number of aliphatic carboxylic acids is 1. The summed E-state index contributed by atoms with van der Waals surface area (Å²) in [6.07, 6.45) is 1.78. The standard InChI is InChI=1S/C15H18N2O2S/c1-10(2)12-6-4-5-7-13(12)17-11(3)8-16-15(17)20-9-14(18)19/h4-8,10H,9H2,1-3H3,(H,18,19). The summed E-state index contributed by atoms with van der Waals surface area (Å²) in [7, 11) is 0. The fraction of sp³-hybridized carbons (Fsp3) is 0.333. The van der Waals surface area contributed by atoms with Gasteiger partial charge in [-0.2, -0.15) is 0 Å². The Morgan fingerprint density at radius 3 is 2.75 bits per heavy atom. The lowest BCUT2D eigenvalue weighted by molar-refractivity contribution is -0.133. The molecule has 0 amide bonds. The fourth-order valence-electron chi connectivity index (χ4n) is 2.12. The summed E-state index contributed by atoms with van der Waals surface area (Å²) in [5.41, 5.74) is 3.31. The van der Waals surface area contributed by atoms with Crippen LogP contribution in [0.1, 0.15) is 31.0 Å². The number of rotatable bonds is 5. The number of carbonyl (C=O) groups is 1. The first-order chi connectivity index (χ1) is 9.50. The van der Waals surface area contributed by atoms with Gasteiger partial charge in [0.15, 0.2) is 5.16 Å². The van der Waals surface area contributed by atoms with Gasteiger partial charge in [0.05, 0.1) is 11.4 Å². The van der Waals surface area contributed by atoms with Crippen LogP contribution in [0.5, 0.6) is 0 Å². The molecule has 0 atom stereocenters. The molecule has 1 aromatic carbocycles. The summed E-state index contributed by atoms with van der Waals surface area (Å²) in [6, 6.07) is 8.17. The molecule has 0 fully saturated rings. The second kappa shape index (κ2) is 6.13. The molecule has 1 N–H and O–H groups in total. The van der Waals surface area contributed by atoms with Gasteiger partial charge in [-0.1, -0.05) is 43.8 Å². The Labute approximate surface area is 122 Å². The third-order valence-electron chi connectivity index (χ3n) is 3.03. The number of para-hydroxylation sites is 1. The molecule has 0 radical (unpaired) electrons. The molecule has 0 aliphatic rings. The Morgan fingerprint density at radius 2 is 2.10 bits per heavy atom. The van der Waals surface area contributed by atoms with Crippen molar-refractivity contribution in [1.29, 1.82) is 0 Å².